The zero-order chi connectivity index (χ0) is 17.8. The maximum atomic E-state index is 12.3. The third-order valence-electron chi connectivity index (χ3n) is 3.76. The highest BCUT2D eigenvalue weighted by atomic mass is 16.1. The summed E-state index contributed by atoms with van der Waals surface area (Å²) < 4.78 is 0. The zero-order valence-electron chi connectivity index (χ0n) is 14.1. The van der Waals surface area contributed by atoms with Gasteiger partial charge in [0.15, 0.2) is 0 Å². The lowest BCUT2D eigenvalue weighted by Crippen LogP contribution is -2.13. The van der Waals surface area contributed by atoms with E-state index in [1.165, 1.54) is 0 Å². The van der Waals surface area contributed by atoms with Gasteiger partial charge in [-0.3, -0.25) is 9.78 Å². The Morgan fingerprint density at radius 2 is 1.92 bits per heavy atom. The molecule has 126 valence electrons. The molecule has 25 heavy (non-hydrogen) atoms. The van der Waals surface area contributed by atoms with Crippen LogP contribution in [0.5, 0.6) is 0 Å². The summed E-state index contributed by atoms with van der Waals surface area (Å²) in [5, 5.41) is 7.64. The first-order valence-electron chi connectivity index (χ1n) is 7.84. The predicted molar refractivity (Wildman–Crippen MR) is 99.9 cm³/mol. The SMILES string of the molecule is CN/C=C(\N)c1ccc2cnc(NC(=O)c3ccnc(C)c3)cc2c1. The van der Waals surface area contributed by atoms with Gasteiger partial charge in [-0.25, -0.2) is 4.98 Å². The number of hydrogen-bond donors (Lipinski definition) is 3. The quantitative estimate of drug-likeness (QED) is 0.682. The van der Waals surface area contributed by atoms with Crippen molar-refractivity contribution in [2.75, 3.05) is 12.4 Å². The molecular weight excluding hydrogens is 314 g/mol. The standard InChI is InChI=1S/C19H19N5O/c1-12-7-14(5-6-22-12)19(25)24-18-9-16-8-13(17(20)11-21-2)3-4-15(16)10-23-18/h3-11,21H,20H2,1-2H3,(H,23,24,25)/b17-11-. The lowest BCUT2D eigenvalue weighted by atomic mass is 10.1. The number of pyridine rings is 2. The van der Waals surface area contributed by atoms with Crippen LogP contribution in [-0.4, -0.2) is 22.9 Å². The van der Waals surface area contributed by atoms with Crippen molar-refractivity contribution in [1.82, 2.24) is 15.3 Å². The fourth-order valence-electron chi connectivity index (χ4n) is 2.50. The van der Waals surface area contributed by atoms with Gasteiger partial charge in [-0.05, 0) is 42.1 Å². The monoisotopic (exact) mass is 333 g/mol. The molecule has 1 amide bonds. The molecule has 4 N–H and O–H groups in total. The van der Waals surface area contributed by atoms with Gasteiger partial charge >= 0.3 is 0 Å². The van der Waals surface area contributed by atoms with E-state index in [2.05, 4.69) is 20.6 Å². The molecule has 0 atom stereocenters. The molecule has 6 nitrogen and oxygen atoms in total. The van der Waals surface area contributed by atoms with Crippen molar-refractivity contribution in [3.63, 3.8) is 0 Å². The van der Waals surface area contributed by atoms with Gasteiger partial charge in [0.1, 0.15) is 5.82 Å². The summed E-state index contributed by atoms with van der Waals surface area (Å²) >= 11 is 0. The van der Waals surface area contributed by atoms with E-state index in [4.69, 9.17) is 5.73 Å². The third-order valence-corrected chi connectivity index (χ3v) is 3.76. The van der Waals surface area contributed by atoms with Crippen LogP contribution in [0.15, 0.2) is 55.0 Å². The first kappa shape index (κ1) is 16.4. The van der Waals surface area contributed by atoms with E-state index in [0.29, 0.717) is 17.1 Å². The fourth-order valence-corrected chi connectivity index (χ4v) is 2.50. The second-order valence-corrected chi connectivity index (χ2v) is 5.66. The number of hydrogen-bond acceptors (Lipinski definition) is 5. The Labute approximate surface area is 145 Å². The summed E-state index contributed by atoms with van der Waals surface area (Å²) in [6.07, 6.45) is 5.07. The van der Waals surface area contributed by atoms with Gasteiger partial charge < -0.3 is 16.4 Å². The summed E-state index contributed by atoms with van der Waals surface area (Å²) in [6, 6.07) is 11.1. The van der Waals surface area contributed by atoms with Crippen LogP contribution in [0.1, 0.15) is 21.6 Å². The van der Waals surface area contributed by atoms with Crippen LogP contribution in [-0.2, 0) is 0 Å². The highest BCUT2D eigenvalue weighted by molar-refractivity contribution is 6.04. The molecule has 0 fully saturated rings. The molecule has 0 bridgehead atoms. The van der Waals surface area contributed by atoms with Gasteiger partial charge in [-0.1, -0.05) is 12.1 Å². The average Bonchev–Trinajstić information content (AvgIpc) is 2.61. The fraction of sp³-hybridized carbons (Fsp3) is 0.105. The molecular formula is C19H19N5O. The normalized spacial score (nSPS) is 11.4. The number of anilines is 1. The van der Waals surface area contributed by atoms with Crippen LogP contribution in [0.25, 0.3) is 16.5 Å². The Morgan fingerprint density at radius 3 is 2.68 bits per heavy atom. The van der Waals surface area contributed by atoms with Crippen LogP contribution >= 0.6 is 0 Å². The molecule has 3 aromatic rings. The summed E-state index contributed by atoms with van der Waals surface area (Å²) in [7, 11) is 1.80. The molecule has 2 aromatic heterocycles. The number of nitrogens with zero attached hydrogens (tertiary/aromatic N) is 2. The van der Waals surface area contributed by atoms with E-state index in [1.807, 2.05) is 31.2 Å². The number of nitrogens with one attached hydrogen (secondary N) is 2. The van der Waals surface area contributed by atoms with E-state index in [9.17, 15) is 4.79 Å². The van der Waals surface area contributed by atoms with Crippen LogP contribution in [0.3, 0.4) is 0 Å². The first-order chi connectivity index (χ1) is 12.1. The highest BCUT2D eigenvalue weighted by Gasteiger charge is 2.08. The molecule has 0 aliphatic heterocycles. The number of amides is 1. The number of rotatable bonds is 4. The van der Waals surface area contributed by atoms with Gasteiger partial charge in [-0.2, -0.15) is 0 Å². The number of aryl methyl sites for hydroxylation is 1. The van der Waals surface area contributed by atoms with E-state index in [-0.39, 0.29) is 5.91 Å². The van der Waals surface area contributed by atoms with Gasteiger partial charge in [0, 0.05) is 42.3 Å². The third kappa shape index (κ3) is 3.74. The Balaban J connectivity index is 1.89. The second-order valence-electron chi connectivity index (χ2n) is 5.66. The number of carbonyl (C=O) groups is 1. The van der Waals surface area contributed by atoms with Crippen LogP contribution in [0.2, 0.25) is 0 Å². The predicted octanol–water partition coefficient (Wildman–Crippen LogP) is 2.67. The molecule has 0 spiro atoms. The molecule has 3 rings (SSSR count). The molecule has 0 radical (unpaired) electrons. The van der Waals surface area contributed by atoms with Crippen molar-refractivity contribution in [2.24, 2.45) is 5.73 Å². The Kier molecular flexibility index (Phi) is 4.61. The smallest absolute Gasteiger partial charge is 0.256 e. The van der Waals surface area contributed by atoms with E-state index in [0.717, 1.165) is 22.0 Å². The average molecular weight is 333 g/mol. The Morgan fingerprint density at radius 1 is 1.08 bits per heavy atom. The lowest BCUT2D eigenvalue weighted by Gasteiger charge is -2.08. The summed E-state index contributed by atoms with van der Waals surface area (Å²) in [4.78, 5) is 20.7. The van der Waals surface area contributed by atoms with Crippen molar-refractivity contribution in [3.05, 3.63) is 71.8 Å². The van der Waals surface area contributed by atoms with Gasteiger partial charge in [0.2, 0.25) is 0 Å². The van der Waals surface area contributed by atoms with E-state index >= 15 is 0 Å². The molecule has 0 saturated heterocycles. The van der Waals surface area contributed by atoms with E-state index in [1.54, 1.807) is 37.8 Å². The van der Waals surface area contributed by atoms with Crippen LogP contribution in [0.4, 0.5) is 5.82 Å². The molecule has 0 unspecified atom stereocenters. The molecule has 1 aromatic carbocycles. The lowest BCUT2D eigenvalue weighted by molar-refractivity contribution is 0.102. The molecule has 0 aliphatic rings. The van der Waals surface area contributed by atoms with Crippen molar-refractivity contribution >= 4 is 28.2 Å². The van der Waals surface area contributed by atoms with E-state index < -0.39 is 0 Å². The second kappa shape index (κ2) is 7.00. The van der Waals surface area contributed by atoms with Gasteiger partial charge in [0.25, 0.3) is 5.91 Å². The molecule has 2 heterocycles. The molecule has 6 heteroatoms. The largest absolute Gasteiger partial charge is 0.397 e. The van der Waals surface area contributed by atoms with Gasteiger partial charge in [-0.15, -0.1) is 0 Å². The summed E-state index contributed by atoms with van der Waals surface area (Å²) in [6.45, 7) is 1.84. The number of carbonyl (C=O) groups excluding carboxylic acids is 1. The topological polar surface area (TPSA) is 92.9 Å². The van der Waals surface area contributed by atoms with Crippen molar-refractivity contribution in [2.45, 2.75) is 6.92 Å². The molecule has 0 aliphatic carbocycles. The minimum absolute atomic E-state index is 0.219. The highest BCUT2D eigenvalue weighted by Crippen LogP contribution is 2.21. The number of nitrogens with two attached hydrogens (primary N) is 1. The van der Waals surface area contributed by atoms with Crippen LogP contribution < -0.4 is 16.4 Å². The van der Waals surface area contributed by atoms with Crippen LogP contribution in [0, 0.1) is 6.92 Å². The summed E-state index contributed by atoms with van der Waals surface area (Å²) in [5.74, 6) is 0.267. The van der Waals surface area contributed by atoms with Crippen molar-refractivity contribution in [1.29, 1.82) is 0 Å². The minimum Gasteiger partial charge on any atom is -0.397 e. The van der Waals surface area contributed by atoms with Crippen molar-refractivity contribution in [3.8, 4) is 0 Å². The minimum atomic E-state index is -0.219. The Bertz CT molecular complexity index is 965. The maximum absolute atomic E-state index is 12.3. The Hall–Kier alpha value is -3.41. The van der Waals surface area contributed by atoms with Crippen molar-refractivity contribution < 1.29 is 4.79 Å². The first-order valence-corrected chi connectivity index (χ1v) is 7.84. The zero-order valence-corrected chi connectivity index (χ0v) is 14.1. The maximum Gasteiger partial charge on any atom is 0.256 e. The number of aromatic nitrogens is 2. The number of fused-ring (bicyclic) bond motifs is 1. The number of benzene rings is 1. The summed E-state index contributed by atoms with van der Waals surface area (Å²) in [5.41, 5.74) is 8.88. The molecule has 0 saturated carbocycles. The van der Waals surface area contributed by atoms with Gasteiger partial charge in [0.05, 0.1) is 5.70 Å².